The Morgan fingerprint density at radius 2 is 0.575 bits per heavy atom. The minimum absolute atomic E-state index is 0.182. The van der Waals surface area contributed by atoms with Crippen molar-refractivity contribution in [1.29, 1.82) is 0 Å². The van der Waals surface area contributed by atoms with Crippen molar-refractivity contribution in [3.05, 3.63) is 229 Å². The van der Waals surface area contributed by atoms with Crippen molar-refractivity contribution >= 4 is 101 Å². The molecule has 0 aromatic heterocycles. The second-order valence-corrected chi connectivity index (χ2v) is 22.2. The van der Waals surface area contributed by atoms with E-state index in [0.29, 0.717) is 33.0 Å². The Kier molecular flexibility index (Phi) is 11.5. The monoisotopic (exact) mass is 1040 g/mol. The summed E-state index contributed by atoms with van der Waals surface area (Å²) in [5.74, 6) is -1.03. The number of carbonyl (C=O) groups excluding carboxylic acids is 4. The smallest absolute Gasteiger partial charge is 0.261 e. The molecule has 0 spiro atoms. The number of fused-ring (bicyclic) bond motifs is 2. The van der Waals surface area contributed by atoms with Crippen LogP contribution in [-0.2, 0) is 0 Å². The minimum atomic E-state index is -0.262. The molecule has 8 heteroatoms. The molecule has 2 aliphatic heterocycles. The molecule has 8 nitrogen and oxygen atoms in total. The zero-order valence-electron chi connectivity index (χ0n) is 44.3. The highest BCUT2D eigenvalue weighted by molar-refractivity contribution is 6.44. The summed E-state index contributed by atoms with van der Waals surface area (Å²) in [4.78, 5) is 68.8. The first kappa shape index (κ1) is 47.8. The number of benzene rings is 11. The molecular formula is C72H56N4O4. The van der Waals surface area contributed by atoms with Gasteiger partial charge in [-0.25, -0.2) is 0 Å². The zero-order valence-corrected chi connectivity index (χ0v) is 44.3. The third-order valence-electron chi connectivity index (χ3n) is 17.7. The van der Waals surface area contributed by atoms with E-state index in [4.69, 9.17) is 0 Å². The van der Waals surface area contributed by atoms with Crippen molar-refractivity contribution in [3.63, 3.8) is 0 Å². The summed E-state index contributed by atoms with van der Waals surface area (Å²) < 4.78 is 0. The van der Waals surface area contributed by atoms with Crippen LogP contribution in [0.2, 0.25) is 0 Å². The van der Waals surface area contributed by atoms with Crippen LogP contribution in [0.1, 0.15) is 106 Å². The molecule has 0 radical (unpaired) electrons. The first-order chi connectivity index (χ1) is 39.4. The molecule has 4 aliphatic rings. The van der Waals surface area contributed by atoms with Crippen LogP contribution in [0, 0.1) is 0 Å². The van der Waals surface area contributed by atoms with E-state index in [2.05, 4.69) is 119 Å². The van der Waals surface area contributed by atoms with Gasteiger partial charge in [0.2, 0.25) is 0 Å². The summed E-state index contributed by atoms with van der Waals surface area (Å²) in [6.07, 6.45) is 9.19. The summed E-state index contributed by atoms with van der Waals surface area (Å²) in [6.45, 7) is 0. The number of imide groups is 2. The fourth-order valence-corrected chi connectivity index (χ4v) is 14.1. The van der Waals surface area contributed by atoms with Crippen molar-refractivity contribution in [2.24, 2.45) is 0 Å². The van der Waals surface area contributed by atoms with Gasteiger partial charge in [0.15, 0.2) is 0 Å². The number of anilines is 6. The molecule has 11 aromatic rings. The van der Waals surface area contributed by atoms with Gasteiger partial charge in [-0.05, 0) is 177 Å². The number of hydrogen-bond donors (Lipinski definition) is 0. The number of amides is 4. The van der Waals surface area contributed by atoms with Gasteiger partial charge in [0, 0.05) is 79.2 Å². The van der Waals surface area contributed by atoms with E-state index in [-0.39, 0.29) is 35.7 Å². The molecule has 0 bridgehead atoms. The molecule has 0 unspecified atom stereocenters. The zero-order chi connectivity index (χ0) is 53.6. The summed E-state index contributed by atoms with van der Waals surface area (Å²) in [6, 6.07) is 70.1. The molecule has 0 atom stereocenters. The number of nitrogens with zero attached hydrogens (tertiary/aromatic N) is 4. The lowest BCUT2D eigenvalue weighted by atomic mass is 9.77. The predicted molar refractivity (Wildman–Crippen MR) is 323 cm³/mol. The van der Waals surface area contributed by atoms with E-state index in [0.717, 1.165) is 153 Å². The Hall–Kier alpha value is -9.40. The maximum Gasteiger partial charge on any atom is 0.261 e. The van der Waals surface area contributed by atoms with Crippen LogP contribution in [0.4, 0.5) is 34.1 Å². The van der Waals surface area contributed by atoms with Crippen LogP contribution in [0.5, 0.6) is 0 Å². The average molecular weight is 1040 g/mol. The largest absolute Gasteiger partial charge is 0.311 e. The van der Waals surface area contributed by atoms with Gasteiger partial charge in [-0.15, -0.1) is 0 Å². The van der Waals surface area contributed by atoms with Gasteiger partial charge in [0.05, 0.1) is 0 Å². The maximum absolute atomic E-state index is 15.5. The molecule has 0 saturated heterocycles. The van der Waals surface area contributed by atoms with Gasteiger partial charge < -0.3 is 9.80 Å². The third-order valence-corrected chi connectivity index (χ3v) is 17.7. The summed E-state index contributed by atoms with van der Waals surface area (Å²) in [7, 11) is 0. The lowest BCUT2D eigenvalue weighted by Gasteiger charge is -2.37. The molecule has 2 fully saturated rings. The Bertz CT molecular complexity index is 3910. The van der Waals surface area contributed by atoms with Gasteiger partial charge in [-0.2, -0.15) is 0 Å². The molecular weight excluding hydrogens is 985 g/mol. The Morgan fingerprint density at radius 3 is 0.900 bits per heavy atom. The van der Waals surface area contributed by atoms with E-state index in [1.807, 2.05) is 97.1 Å². The van der Waals surface area contributed by atoms with Crippen LogP contribution >= 0.6 is 0 Å². The second kappa shape index (κ2) is 19.2. The third kappa shape index (κ3) is 7.49. The van der Waals surface area contributed by atoms with Crippen molar-refractivity contribution in [3.8, 4) is 22.3 Å². The fourth-order valence-electron chi connectivity index (χ4n) is 14.1. The molecule has 0 N–H and O–H groups in total. The van der Waals surface area contributed by atoms with E-state index < -0.39 is 0 Å². The van der Waals surface area contributed by atoms with Gasteiger partial charge in [-0.1, -0.05) is 148 Å². The van der Waals surface area contributed by atoms with Crippen molar-refractivity contribution < 1.29 is 19.2 Å². The van der Waals surface area contributed by atoms with Gasteiger partial charge >= 0.3 is 0 Å². The van der Waals surface area contributed by atoms with Gasteiger partial charge in [0.1, 0.15) is 0 Å². The maximum atomic E-state index is 15.5. The summed E-state index contributed by atoms with van der Waals surface area (Å²) in [5.41, 5.74) is 11.5. The molecule has 4 amide bonds. The van der Waals surface area contributed by atoms with Crippen molar-refractivity contribution in [2.75, 3.05) is 9.80 Å². The van der Waals surface area contributed by atoms with E-state index in [1.165, 1.54) is 0 Å². The lowest BCUT2D eigenvalue weighted by molar-refractivity contribution is 0.0487. The Morgan fingerprint density at radius 1 is 0.275 bits per heavy atom. The molecule has 80 heavy (non-hydrogen) atoms. The highest BCUT2D eigenvalue weighted by Crippen LogP contribution is 2.53. The number of hydrogen-bond acceptors (Lipinski definition) is 6. The topological polar surface area (TPSA) is 81.2 Å². The van der Waals surface area contributed by atoms with E-state index in [1.54, 1.807) is 9.80 Å². The number of para-hydroxylation sites is 4. The predicted octanol–water partition coefficient (Wildman–Crippen LogP) is 17.9. The van der Waals surface area contributed by atoms with Crippen LogP contribution in [0.3, 0.4) is 0 Å². The normalized spacial score (nSPS) is 15.9. The molecule has 2 heterocycles. The van der Waals surface area contributed by atoms with Crippen LogP contribution in [0.25, 0.3) is 65.3 Å². The van der Waals surface area contributed by atoms with Crippen LogP contribution in [0.15, 0.2) is 206 Å². The van der Waals surface area contributed by atoms with Crippen LogP contribution in [-0.4, -0.2) is 45.5 Å². The van der Waals surface area contributed by atoms with Gasteiger partial charge in [0.25, 0.3) is 23.6 Å². The second-order valence-electron chi connectivity index (χ2n) is 22.2. The standard InChI is InChI=1S/C72H56N4O4/c77-69-57-42-40-56-64-60(46-33-37-54(38-34-46)74(49-23-11-3-12-24-49)50-25-13-4-14-26-50)44-62-66-58(70(78)76(72(62)80)52-29-17-6-18-30-52)41-39-55(68(64)66)63-59(43-61(65(57)67(56)63)71(79)75(69)51-27-15-5-16-28-51)45-31-35-53(36-32-45)73(47-19-7-1-8-20-47)48-21-9-2-10-22-48/h1-4,7-14,19-26,31-44,51-52H,5-6,15-18,27-30H2. The van der Waals surface area contributed by atoms with Crippen molar-refractivity contribution in [2.45, 2.75) is 76.3 Å². The lowest BCUT2D eigenvalue weighted by Crippen LogP contribution is -2.48. The highest BCUT2D eigenvalue weighted by atomic mass is 16.2. The van der Waals surface area contributed by atoms with E-state index in [9.17, 15) is 0 Å². The van der Waals surface area contributed by atoms with E-state index >= 15 is 19.2 Å². The molecule has 2 aliphatic carbocycles. The number of rotatable bonds is 10. The molecule has 2 saturated carbocycles. The number of carbonyl (C=O) groups is 4. The highest BCUT2D eigenvalue weighted by Gasteiger charge is 2.42. The first-order valence-electron chi connectivity index (χ1n) is 28.5. The molecule has 388 valence electrons. The fraction of sp³-hybridized carbons (Fsp3) is 0.167. The quantitative estimate of drug-likeness (QED) is 0.0771. The van der Waals surface area contributed by atoms with Gasteiger partial charge in [-0.3, -0.25) is 29.0 Å². The Labute approximate surface area is 464 Å². The SMILES string of the molecule is O=C1c2ccc3c4c(-c5ccc(N(c6ccccc6)c6ccccc6)cc5)cc5c6c(ccc(c7c(-c8ccc(N(c9ccccc9)c9ccccc9)cc8)cc(c2c37)C(=O)N1C1CCCCC1)c64)C(=O)N(C1CCCCC1)C5=O. The average Bonchev–Trinajstić information content (AvgIpc) is 3.59. The summed E-state index contributed by atoms with van der Waals surface area (Å²) >= 11 is 0. The summed E-state index contributed by atoms with van der Waals surface area (Å²) in [5, 5.41) is 6.39. The van der Waals surface area contributed by atoms with Crippen LogP contribution < -0.4 is 9.80 Å². The minimum Gasteiger partial charge on any atom is -0.311 e. The Balaban J connectivity index is 1.01. The molecule has 15 rings (SSSR count). The first-order valence-corrected chi connectivity index (χ1v) is 28.5. The molecule has 11 aromatic carbocycles. The van der Waals surface area contributed by atoms with Crippen molar-refractivity contribution in [1.82, 2.24) is 9.80 Å².